The van der Waals surface area contributed by atoms with Gasteiger partial charge in [0.1, 0.15) is 23.7 Å². The standard InChI is InChI=1S/C26H34N4O3/c1-18(2)30(21-9-6-5-7-10-21)26(31)19-12-13-20(23(15-19)33-4)16-29-24(17-32-3)28-22-11-8-14-27-25(22)29/h8,11-15,18,21H,5-7,9-10,16-17H2,1-4H3. The second kappa shape index (κ2) is 10.3. The van der Waals surface area contributed by atoms with Crippen LogP contribution in [0.2, 0.25) is 0 Å². The minimum Gasteiger partial charge on any atom is -0.496 e. The quantitative estimate of drug-likeness (QED) is 0.492. The molecule has 1 aromatic carbocycles. The molecule has 2 heterocycles. The van der Waals surface area contributed by atoms with Gasteiger partial charge in [-0.15, -0.1) is 0 Å². The van der Waals surface area contributed by atoms with E-state index >= 15 is 0 Å². The first-order valence-corrected chi connectivity index (χ1v) is 11.8. The summed E-state index contributed by atoms with van der Waals surface area (Å²) in [7, 11) is 3.31. The van der Waals surface area contributed by atoms with E-state index in [0.29, 0.717) is 30.5 Å². The molecule has 1 amide bonds. The van der Waals surface area contributed by atoms with Gasteiger partial charge in [0, 0.05) is 36.5 Å². The van der Waals surface area contributed by atoms with Gasteiger partial charge in [-0.25, -0.2) is 9.97 Å². The highest BCUT2D eigenvalue weighted by Gasteiger charge is 2.29. The van der Waals surface area contributed by atoms with Crippen molar-refractivity contribution in [3.05, 3.63) is 53.5 Å². The topological polar surface area (TPSA) is 69.5 Å². The Labute approximate surface area is 195 Å². The number of ether oxygens (including phenoxy) is 2. The van der Waals surface area contributed by atoms with Gasteiger partial charge >= 0.3 is 0 Å². The van der Waals surface area contributed by atoms with Crippen LogP contribution in [-0.4, -0.2) is 51.6 Å². The molecule has 7 heteroatoms. The molecule has 0 aliphatic heterocycles. The fourth-order valence-electron chi connectivity index (χ4n) is 4.92. The van der Waals surface area contributed by atoms with E-state index in [1.54, 1.807) is 20.4 Å². The lowest BCUT2D eigenvalue weighted by molar-refractivity contribution is 0.0555. The molecule has 0 radical (unpaired) electrons. The molecule has 1 aliphatic rings. The third-order valence-corrected chi connectivity index (χ3v) is 6.48. The third kappa shape index (κ3) is 4.88. The number of hydrogen-bond acceptors (Lipinski definition) is 5. The van der Waals surface area contributed by atoms with Gasteiger partial charge in [0.15, 0.2) is 5.65 Å². The summed E-state index contributed by atoms with van der Waals surface area (Å²) in [4.78, 5) is 24.8. The Bertz CT molecular complexity index is 1100. The molecule has 1 aliphatic carbocycles. The Balaban J connectivity index is 1.64. The second-order valence-electron chi connectivity index (χ2n) is 9.02. The maximum Gasteiger partial charge on any atom is 0.254 e. The van der Waals surface area contributed by atoms with E-state index < -0.39 is 0 Å². The molecule has 7 nitrogen and oxygen atoms in total. The van der Waals surface area contributed by atoms with Crippen LogP contribution in [0.1, 0.15) is 67.7 Å². The molecule has 2 aromatic heterocycles. The number of fused-ring (bicyclic) bond motifs is 1. The average Bonchev–Trinajstić information content (AvgIpc) is 3.17. The van der Waals surface area contributed by atoms with Gasteiger partial charge in [-0.1, -0.05) is 25.3 Å². The molecule has 0 N–H and O–H groups in total. The lowest BCUT2D eigenvalue weighted by atomic mass is 9.92. The van der Waals surface area contributed by atoms with Crippen molar-refractivity contribution in [1.82, 2.24) is 19.4 Å². The molecular formula is C26H34N4O3. The van der Waals surface area contributed by atoms with Gasteiger partial charge < -0.3 is 18.9 Å². The van der Waals surface area contributed by atoms with E-state index in [4.69, 9.17) is 9.47 Å². The summed E-state index contributed by atoms with van der Waals surface area (Å²) in [5.74, 6) is 1.57. The number of imidazole rings is 1. The van der Waals surface area contributed by atoms with Crippen molar-refractivity contribution in [2.45, 2.75) is 71.2 Å². The molecule has 33 heavy (non-hydrogen) atoms. The van der Waals surface area contributed by atoms with Crippen LogP contribution in [0.25, 0.3) is 11.2 Å². The first kappa shape index (κ1) is 23.2. The monoisotopic (exact) mass is 450 g/mol. The smallest absolute Gasteiger partial charge is 0.254 e. The van der Waals surface area contributed by atoms with Crippen molar-refractivity contribution >= 4 is 17.1 Å². The second-order valence-corrected chi connectivity index (χ2v) is 9.02. The van der Waals surface area contributed by atoms with Crippen molar-refractivity contribution in [3.8, 4) is 5.75 Å². The molecule has 1 saturated carbocycles. The minimum absolute atomic E-state index is 0.0802. The highest BCUT2D eigenvalue weighted by molar-refractivity contribution is 5.95. The number of pyridine rings is 1. The molecule has 0 atom stereocenters. The highest BCUT2D eigenvalue weighted by Crippen LogP contribution is 2.29. The summed E-state index contributed by atoms with van der Waals surface area (Å²) in [6.07, 6.45) is 7.59. The number of carbonyl (C=O) groups excluding carboxylic acids is 1. The number of hydrogen-bond donors (Lipinski definition) is 0. The van der Waals surface area contributed by atoms with E-state index in [1.807, 2.05) is 34.9 Å². The van der Waals surface area contributed by atoms with Gasteiger partial charge in [-0.3, -0.25) is 4.79 Å². The minimum atomic E-state index is 0.0802. The lowest BCUT2D eigenvalue weighted by Gasteiger charge is -2.37. The van der Waals surface area contributed by atoms with Gasteiger partial charge in [0.25, 0.3) is 5.91 Å². The highest BCUT2D eigenvalue weighted by atomic mass is 16.5. The molecule has 0 spiro atoms. The maximum absolute atomic E-state index is 13.5. The summed E-state index contributed by atoms with van der Waals surface area (Å²) in [5.41, 5.74) is 3.26. The van der Waals surface area contributed by atoms with Crippen molar-refractivity contribution in [2.75, 3.05) is 14.2 Å². The zero-order valence-corrected chi connectivity index (χ0v) is 20.1. The Morgan fingerprint density at radius 2 is 1.97 bits per heavy atom. The zero-order chi connectivity index (χ0) is 23.4. The lowest BCUT2D eigenvalue weighted by Crippen LogP contribution is -2.45. The van der Waals surface area contributed by atoms with Crippen LogP contribution in [0.4, 0.5) is 0 Å². The number of rotatable bonds is 8. The summed E-state index contributed by atoms with van der Waals surface area (Å²) in [6, 6.07) is 10.1. The van der Waals surface area contributed by atoms with Crippen molar-refractivity contribution in [3.63, 3.8) is 0 Å². The summed E-state index contributed by atoms with van der Waals surface area (Å²) in [6.45, 7) is 5.12. The Hall–Kier alpha value is -2.93. The SMILES string of the molecule is COCc1nc2cccnc2n1Cc1ccc(C(=O)N(C(C)C)C2CCCCC2)cc1OC. The van der Waals surface area contributed by atoms with Crippen molar-refractivity contribution in [2.24, 2.45) is 0 Å². The molecule has 3 aromatic rings. The van der Waals surface area contributed by atoms with E-state index in [0.717, 1.165) is 35.4 Å². The first-order chi connectivity index (χ1) is 16.0. The van der Waals surface area contributed by atoms with Crippen LogP contribution in [-0.2, 0) is 17.9 Å². The van der Waals surface area contributed by atoms with Crippen LogP contribution < -0.4 is 4.74 Å². The van der Waals surface area contributed by atoms with Crippen LogP contribution >= 0.6 is 0 Å². The van der Waals surface area contributed by atoms with Crippen molar-refractivity contribution in [1.29, 1.82) is 0 Å². The first-order valence-electron chi connectivity index (χ1n) is 11.8. The van der Waals surface area contributed by atoms with Crippen LogP contribution in [0, 0.1) is 0 Å². The van der Waals surface area contributed by atoms with Gasteiger partial charge in [-0.05, 0) is 51.0 Å². The van der Waals surface area contributed by atoms with E-state index in [-0.39, 0.29) is 11.9 Å². The fraction of sp³-hybridized carbons (Fsp3) is 0.500. The van der Waals surface area contributed by atoms with E-state index in [1.165, 1.54) is 19.3 Å². The molecule has 0 saturated heterocycles. The number of carbonyl (C=O) groups is 1. The number of aromatic nitrogens is 3. The van der Waals surface area contributed by atoms with E-state index in [2.05, 4.69) is 28.7 Å². The molecule has 1 fully saturated rings. The number of benzene rings is 1. The maximum atomic E-state index is 13.5. The Kier molecular flexibility index (Phi) is 7.28. The normalized spacial score (nSPS) is 14.7. The van der Waals surface area contributed by atoms with E-state index in [9.17, 15) is 4.79 Å². The van der Waals surface area contributed by atoms with Crippen LogP contribution in [0.3, 0.4) is 0 Å². The number of nitrogens with zero attached hydrogens (tertiary/aromatic N) is 4. The average molecular weight is 451 g/mol. The largest absolute Gasteiger partial charge is 0.496 e. The molecule has 176 valence electrons. The fourth-order valence-corrected chi connectivity index (χ4v) is 4.92. The van der Waals surface area contributed by atoms with Gasteiger partial charge in [0.05, 0.1) is 13.7 Å². The van der Waals surface area contributed by atoms with Crippen LogP contribution in [0.15, 0.2) is 36.5 Å². The Morgan fingerprint density at radius 3 is 2.67 bits per heavy atom. The molecule has 0 unspecified atom stereocenters. The predicted octanol–water partition coefficient (Wildman–Crippen LogP) is 4.82. The summed E-state index contributed by atoms with van der Waals surface area (Å²) >= 11 is 0. The number of methoxy groups -OCH3 is 2. The molecule has 4 rings (SSSR count). The van der Waals surface area contributed by atoms with Crippen LogP contribution in [0.5, 0.6) is 5.75 Å². The number of amides is 1. The molecule has 0 bridgehead atoms. The predicted molar refractivity (Wildman–Crippen MR) is 129 cm³/mol. The third-order valence-electron chi connectivity index (χ3n) is 6.48. The van der Waals surface area contributed by atoms with Crippen molar-refractivity contribution < 1.29 is 14.3 Å². The summed E-state index contributed by atoms with van der Waals surface area (Å²) < 4.78 is 13.1. The summed E-state index contributed by atoms with van der Waals surface area (Å²) in [5, 5.41) is 0. The van der Waals surface area contributed by atoms with Gasteiger partial charge in [0.2, 0.25) is 0 Å². The zero-order valence-electron chi connectivity index (χ0n) is 20.1. The van der Waals surface area contributed by atoms with Gasteiger partial charge in [-0.2, -0.15) is 0 Å². The molecular weight excluding hydrogens is 416 g/mol. The Morgan fingerprint density at radius 1 is 1.18 bits per heavy atom.